The molecule has 0 N–H and O–H groups in total. The number of benzene rings is 3. The Balaban J connectivity index is 2.11. The zero-order valence-electron chi connectivity index (χ0n) is 12.2. The molecule has 0 unspecified atom stereocenters. The van der Waals surface area contributed by atoms with Gasteiger partial charge in [0.25, 0.3) is 0 Å². The third kappa shape index (κ3) is 1.92. The van der Waals surface area contributed by atoms with Crippen LogP contribution in [-0.4, -0.2) is 5.78 Å². The quantitative estimate of drug-likeness (QED) is 0.458. The van der Waals surface area contributed by atoms with Gasteiger partial charge in [0.1, 0.15) is 11.3 Å². The summed E-state index contributed by atoms with van der Waals surface area (Å²) in [5.74, 6) is 0.672. The minimum Gasteiger partial charge on any atom is -0.455 e. The summed E-state index contributed by atoms with van der Waals surface area (Å²) in [5.41, 5.74) is 2.34. The number of ketones is 1. The molecule has 3 aromatic carbocycles. The SMILES string of the molecule is CC(=O)c1c(-c2ccccc2)oc2cc3ccccc3cc12. The lowest BCUT2D eigenvalue weighted by molar-refractivity contribution is 0.101. The topological polar surface area (TPSA) is 30.2 Å². The van der Waals surface area contributed by atoms with Crippen LogP contribution in [0, 0.1) is 0 Å². The van der Waals surface area contributed by atoms with Gasteiger partial charge in [-0.1, -0.05) is 54.6 Å². The Morgan fingerprint density at radius 3 is 2.18 bits per heavy atom. The standard InChI is InChI=1S/C20H14O2/c1-13(21)19-17-11-15-9-5-6-10-16(15)12-18(17)22-20(19)14-7-3-2-4-8-14/h2-12H,1H3. The van der Waals surface area contributed by atoms with Crippen molar-refractivity contribution in [3.63, 3.8) is 0 Å². The molecule has 0 bridgehead atoms. The molecule has 0 aliphatic rings. The van der Waals surface area contributed by atoms with Gasteiger partial charge in [0, 0.05) is 10.9 Å². The summed E-state index contributed by atoms with van der Waals surface area (Å²) in [6.45, 7) is 1.59. The van der Waals surface area contributed by atoms with E-state index < -0.39 is 0 Å². The third-order valence-electron chi connectivity index (χ3n) is 3.94. The average molecular weight is 286 g/mol. The molecule has 4 rings (SSSR count). The molecule has 2 nitrogen and oxygen atoms in total. The molecule has 1 aromatic heterocycles. The maximum absolute atomic E-state index is 12.2. The highest BCUT2D eigenvalue weighted by molar-refractivity contribution is 6.13. The van der Waals surface area contributed by atoms with E-state index in [1.165, 1.54) is 0 Å². The van der Waals surface area contributed by atoms with Gasteiger partial charge in [0.15, 0.2) is 5.78 Å². The number of carbonyl (C=O) groups excluding carboxylic acids is 1. The molecule has 4 aromatic rings. The molecule has 0 aliphatic carbocycles. The minimum absolute atomic E-state index is 0.0212. The fourth-order valence-corrected chi connectivity index (χ4v) is 2.92. The second-order valence-corrected chi connectivity index (χ2v) is 5.42. The first-order valence-electron chi connectivity index (χ1n) is 7.26. The van der Waals surface area contributed by atoms with Gasteiger partial charge in [-0.25, -0.2) is 0 Å². The summed E-state index contributed by atoms with van der Waals surface area (Å²) in [5, 5.41) is 3.10. The zero-order chi connectivity index (χ0) is 15.1. The number of carbonyl (C=O) groups is 1. The van der Waals surface area contributed by atoms with Crippen molar-refractivity contribution in [1.82, 2.24) is 0 Å². The van der Waals surface area contributed by atoms with Gasteiger partial charge >= 0.3 is 0 Å². The number of hydrogen-bond acceptors (Lipinski definition) is 2. The smallest absolute Gasteiger partial charge is 0.164 e. The third-order valence-corrected chi connectivity index (χ3v) is 3.94. The van der Waals surface area contributed by atoms with E-state index >= 15 is 0 Å². The lowest BCUT2D eigenvalue weighted by atomic mass is 10.0. The van der Waals surface area contributed by atoms with Gasteiger partial charge in [0.2, 0.25) is 0 Å². The van der Waals surface area contributed by atoms with Crippen LogP contribution in [0.4, 0.5) is 0 Å². The highest BCUT2D eigenvalue weighted by Crippen LogP contribution is 2.36. The lowest BCUT2D eigenvalue weighted by Gasteiger charge is -1.99. The van der Waals surface area contributed by atoms with Crippen molar-refractivity contribution >= 4 is 27.5 Å². The van der Waals surface area contributed by atoms with Crippen LogP contribution in [-0.2, 0) is 0 Å². The highest BCUT2D eigenvalue weighted by Gasteiger charge is 2.19. The van der Waals surface area contributed by atoms with E-state index in [1.54, 1.807) is 6.92 Å². The Hall–Kier alpha value is -2.87. The van der Waals surface area contributed by atoms with E-state index in [0.717, 1.165) is 27.3 Å². The van der Waals surface area contributed by atoms with Crippen molar-refractivity contribution in [2.24, 2.45) is 0 Å². The Morgan fingerprint density at radius 2 is 1.50 bits per heavy atom. The van der Waals surface area contributed by atoms with Crippen LogP contribution >= 0.6 is 0 Å². The van der Waals surface area contributed by atoms with Crippen molar-refractivity contribution in [1.29, 1.82) is 0 Å². The van der Waals surface area contributed by atoms with Crippen LogP contribution in [0.25, 0.3) is 33.1 Å². The van der Waals surface area contributed by atoms with Crippen molar-refractivity contribution in [3.8, 4) is 11.3 Å². The number of hydrogen-bond donors (Lipinski definition) is 0. The fourth-order valence-electron chi connectivity index (χ4n) is 2.92. The van der Waals surface area contributed by atoms with Gasteiger partial charge in [0.05, 0.1) is 5.56 Å². The predicted molar refractivity (Wildman–Crippen MR) is 89.2 cm³/mol. The lowest BCUT2D eigenvalue weighted by Crippen LogP contribution is -1.93. The molecule has 0 saturated carbocycles. The molecule has 0 amide bonds. The van der Waals surface area contributed by atoms with E-state index in [4.69, 9.17) is 4.42 Å². The zero-order valence-corrected chi connectivity index (χ0v) is 12.2. The molecule has 0 radical (unpaired) electrons. The second-order valence-electron chi connectivity index (χ2n) is 5.42. The van der Waals surface area contributed by atoms with E-state index in [-0.39, 0.29) is 5.78 Å². The number of Topliss-reactive ketones (excluding diaryl/α,β-unsaturated/α-hetero) is 1. The van der Waals surface area contributed by atoms with Crippen molar-refractivity contribution < 1.29 is 9.21 Å². The maximum atomic E-state index is 12.2. The number of rotatable bonds is 2. The van der Waals surface area contributed by atoms with Gasteiger partial charge in [-0.05, 0) is 29.8 Å². The average Bonchev–Trinajstić information content (AvgIpc) is 2.92. The Labute approximate surface area is 128 Å². The number of furan rings is 1. The van der Waals surface area contributed by atoms with Crippen LogP contribution in [0.15, 0.2) is 71.1 Å². The minimum atomic E-state index is 0.0212. The first-order chi connectivity index (χ1) is 10.7. The Morgan fingerprint density at radius 1 is 0.864 bits per heavy atom. The molecular weight excluding hydrogens is 272 g/mol. The summed E-state index contributed by atoms with van der Waals surface area (Å²) in [4.78, 5) is 12.2. The summed E-state index contributed by atoms with van der Waals surface area (Å²) in [6.07, 6.45) is 0. The number of fused-ring (bicyclic) bond motifs is 2. The first-order valence-corrected chi connectivity index (χ1v) is 7.26. The van der Waals surface area contributed by atoms with E-state index in [9.17, 15) is 4.79 Å². The van der Waals surface area contributed by atoms with Gasteiger partial charge in [-0.3, -0.25) is 4.79 Å². The molecule has 0 spiro atoms. The Bertz CT molecular complexity index is 994. The molecule has 22 heavy (non-hydrogen) atoms. The summed E-state index contributed by atoms with van der Waals surface area (Å²) < 4.78 is 6.03. The summed E-state index contributed by atoms with van der Waals surface area (Å²) in [7, 11) is 0. The molecule has 2 heteroatoms. The van der Waals surface area contributed by atoms with E-state index in [1.807, 2.05) is 66.7 Å². The van der Waals surface area contributed by atoms with Gasteiger partial charge in [-0.15, -0.1) is 0 Å². The highest BCUT2D eigenvalue weighted by atomic mass is 16.3. The van der Waals surface area contributed by atoms with Crippen LogP contribution in [0.3, 0.4) is 0 Å². The second kappa shape index (κ2) is 4.85. The molecule has 106 valence electrons. The molecule has 0 atom stereocenters. The summed E-state index contributed by atoms with van der Waals surface area (Å²) >= 11 is 0. The molecule has 1 heterocycles. The Kier molecular flexibility index (Phi) is 2.83. The van der Waals surface area contributed by atoms with Gasteiger partial charge < -0.3 is 4.42 Å². The fraction of sp³-hybridized carbons (Fsp3) is 0.0500. The molecular formula is C20H14O2. The van der Waals surface area contributed by atoms with Crippen molar-refractivity contribution in [3.05, 3.63) is 72.3 Å². The molecule has 0 fully saturated rings. The van der Waals surface area contributed by atoms with E-state index in [0.29, 0.717) is 11.3 Å². The van der Waals surface area contributed by atoms with E-state index in [2.05, 4.69) is 0 Å². The van der Waals surface area contributed by atoms with Crippen molar-refractivity contribution in [2.45, 2.75) is 6.92 Å². The predicted octanol–water partition coefficient (Wildman–Crippen LogP) is 5.46. The van der Waals surface area contributed by atoms with Gasteiger partial charge in [-0.2, -0.15) is 0 Å². The molecule has 0 aliphatic heterocycles. The normalized spacial score (nSPS) is 11.1. The maximum Gasteiger partial charge on any atom is 0.164 e. The first kappa shape index (κ1) is 12.8. The van der Waals surface area contributed by atoms with Crippen LogP contribution in [0.1, 0.15) is 17.3 Å². The largest absolute Gasteiger partial charge is 0.455 e. The monoisotopic (exact) mass is 286 g/mol. The molecule has 0 saturated heterocycles. The van der Waals surface area contributed by atoms with Crippen LogP contribution in [0.5, 0.6) is 0 Å². The van der Waals surface area contributed by atoms with Crippen molar-refractivity contribution in [2.75, 3.05) is 0 Å². The van der Waals surface area contributed by atoms with Crippen LogP contribution < -0.4 is 0 Å². The van der Waals surface area contributed by atoms with Crippen LogP contribution in [0.2, 0.25) is 0 Å². The summed E-state index contributed by atoms with van der Waals surface area (Å²) in [6, 6.07) is 21.9.